The van der Waals surface area contributed by atoms with Crippen molar-refractivity contribution in [3.8, 4) is 0 Å². The van der Waals surface area contributed by atoms with Crippen LogP contribution in [0.15, 0.2) is 42.5 Å². The van der Waals surface area contributed by atoms with Crippen LogP contribution in [0.25, 0.3) is 0 Å². The van der Waals surface area contributed by atoms with Gasteiger partial charge in [0.15, 0.2) is 6.23 Å². The monoisotopic (exact) mass is 588 g/mol. The number of nitrogens with zero attached hydrogens (tertiary/aromatic N) is 1. The highest BCUT2D eigenvalue weighted by Crippen LogP contribution is 2.38. The van der Waals surface area contributed by atoms with Gasteiger partial charge in [-0.2, -0.15) is 0 Å². The molecule has 0 spiro atoms. The predicted molar refractivity (Wildman–Crippen MR) is 167 cm³/mol. The van der Waals surface area contributed by atoms with Gasteiger partial charge in [0.1, 0.15) is 17.4 Å². The molecule has 1 aromatic carbocycles. The Morgan fingerprint density at radius 3 is 2.45 bits per heavy atom. The summed E-state index contributed by atoms with van der Waals surface area (Å²) >= 11 is 0. The maximum atomic E-state index is 13.5. The molecule has 0 bridgehead atoms. The minimum atomic E-state index is -0.982. The van der Waals surface area contributed by atoms with Crippen LogP contribution in [0.2, 0.25) is 0 Å². The third-order valence-electron chi connectivity index (χ3n) is 7.24. The van der Waals surface area contributed by atoms with E-state index in [1.807, 2.05) is 71.9 Å². The van der Waals surface area contributed by atoms with E-state index in [1.54, 1.807) is 4.90 Å². The highest BCUT2D eigenvalue weighted by Gasteiger charge is 2.53. The van der Waals surface area contributed by atoms with Crippen LogP contribution < -0.4 is 5.32 Å². The van der Waals surface area contributed by atoms with Crippen LogP contribution in [0.4, 0.5) is 4.79 Å². The molecular formula is C34H56N2O6. The zero-order valence-electron chi connectivity index (χ0n) is 27.5. The topological polar surface area (TPSA) is 86.3 Å². The van der Waals surface area contributed by atoms with Gasteiger partial charge < -0.3 is 24.3 Å². The van der Waals surface area contributed by atoms with E-state index < -0.39 is 29.8 Å². The van der Waals surface area contributed by atoms with E-state index in [0.717, 1.165) is 24.8 Å². The van der Waals surface area contributed by atoms with Crippen molar-refractivity contribution < 1.29 is 28.5 Å². The van der Waals surface area contributed by atoms with Crippen molar-refractivity contribution in [2.45, 2.75) is 125 Å². The largest absolute Gasteiger partial charge is 0.444 e. The van der Waals surface area contributed by atoms with Gasteiger partial charge in [-0.15, -0.1) is 0 Å². The molecule has 1 fully saturated rings. The van der Waals surface area contributed by atoms with Gasteiger partial charge >= 0.3 is 6.09 Å². The number of ether oxygens (including phenoxy) is 4. The summed E-state index contributed by atoms with van der Waals surface area (Å²) < 4.78 is 24.8. The van der Waals surface area contributed by atoms with Gasteiger partial charge in [0.25, 0.3) is 0 Å². The predicted octanol–water partition coefficient (Wildman–Crippen LogP) is 7.22. The molecule has 0 aromatic heterocycles. The maximum Gasteiger partial charge on any atom is 0.414 e. The Morgan fingerprint density at radius 1 is 1.14 bits per heavy atom. The van der Waals surface area contributed by atoms with Crippen molar-refractivity contribution in [2.75, 3.05) is 19.8 Å². The summed E-state index contributed by atoms with van der Waals surface area (Å²) in [6.45, 7) is 19.7. The first-order valence-corrected chi connectivity index (χ1v) is 15.5. The van der Waals surface area contributed by atoms with Gasteiger partial charge in [0, 0.05) is 19.1 Å². The molecule has 0 radical (unpaired) electrons. The lowest BCUT2D eigenvalue weighted by Crippen LogP contribution is -2.52. The molecule has 3 atom stereocenters. The third kappa shape index (κ3) is 12.1. The quantitative estimate of drug-likeness (QED) is 0.162. The van der Waals surface area contributed by atoms with Crippen molar-refractivity contribution >= 4 is 12.0 Å². The minimum absolute atomic E-state index is 0.00619. The zero-order valence-corrected chi connectivity index (χ0v) is 27.5. The van der Waals surface area contributed by atoms with Crippen molar-refractivity contribution in [3.05, 3.63) is 48.0 Å². The van der Waals surface area contributed by atoms with E-state index in [9.17, 15) is 9.59 Å². The lowest BCUT2D eigenvalue weighted by molar-refractivity contribution is -0.128. The summed E-state index contributed by atoms with van der Waals surface area (Å²) in [4.78, 5) is 28.3. The second-order valence-corrected chi connectivity index (χ2v) is 13.5. The zero-order chi connectivity index (χ0) is 31.4. The lowest BCUT2D eigenvalue weighted by atomic mass is 9.91. The van der Waals surface area contributed by atoms with E-state index in [0.29, 0.717) is 39.2 Å². The fourth-order valence-corrected chi connectivity index (χ4v) is 4.86. The van der Waals surface area contributed by atoms with Crippen molar-refractivity contribution in [2.24, 2.45) is 11.3 Å². The highest BCUT2D eigenvalue weighted by atomic mass is 16.6. The van der Waals surface area contributed by atoms with Gasteiger partial charge in [0.05, 0.1) is 13.2 Å². The summed E-state index contributed by atoms with van der Waals surface area (Å²) in [5, 5.41) is 3.08. The summed E-state index contributed by atoms with van der Waals surface area (Å²) in [6.07, 6.45) is 5.94. The Labute approximate surface area is 254 Å². The number of allylic oxidation sites excluding steroid dienone is 2. The lowest BCUT2D eigenvalue weighted by Gasteiger charge is -2.36. The summed E-state index contributed by atoms with van der Waals surface area (Å²) in [6, 6.07) is 10.1. The van der Waals surface area contributed by atoms with Gasteiger partial charge in [-0.1, -0.05) is 69.7 Å². The molecule has 1 heterocycles. The first kappa shape index (κ1) is 35.8. The molecule has 1 saturated heterocycles. The first-order valence-electron chi connectivity index (χ1n) is 15.5. The molecule has 2 amide bonds. The molecule has 0 aliphatic carbocycles. The molecule has 1 aromatic rings. The first-order chi connectivity index (χ1) is 19.7. The van der Waals surface area contributed by atoms with Gasteiger partial charge in [-0.3, -0.25) is 9.69 Å². The molecule has 0 unspecified atom stereocenters. The number of benzene rings is 1. The summed E-state index contributed by atoms with van der Waals surface area (Å²) in [7, 11) is 0. The van der Waals surface area contributed by atoms with Crippen LogP contribution in [0.5, 0.6) is 0 Å². The van der Waals surface area contributed by atoms with E-state index in [1.165, 1.54) is 0 Å². The van der Waals surface area contributed by atoms with Crippen LogP contribution in [0.3, 0.4) is 0 Å². The number of hydrogen-bond donors (Lipinski definition) is 1. The summed E-state index contributed by atoms with van der Waals surface area (Å²) in [5.41, 5.74) is -0.752. The van der Waals surface area contributed by atoms with Crippen LogP contribution >= 0.6 is 0 Å². The second kappa shape index (κ2) is 16.4. The van der Waals surface area contributed by atoms with E-state index in [-0.39, 0.29) is 17.2 Å². The Bertz CT molecular complexity index is 985. The minimum Gasteiger partial charge on any atom is -0.444 e. The smallest absolute Gasteiger partial charge is 0.414 e. The Hall–Kier alpha value is -2.42. The fraction of sp³-hybridized carbons (Fsp3) is 0.706. The molecule has 238 valence electrons. The molecule has 8 heteroatoms. The van der Waals surface area contributed by atoms with Crippen LogP contribution in [0.1, 0.15) is 100.0 Å². The second-order valence-electron chi connectivity index (χ2n) is 13.5. The van der Waals surface area contributed by atoms with E-state index in [2.05, 4.69) is 38.2 Å². The molecule has 2 rings (SSSR count). The van der Waals surface area contributed by atoms with Gasteiger partial charge in [-0.25, -0.2) is 4.79 Å². The number of carbonyl (C=O) groups is 2. The molecule has 1 N–H and O–H groups in total. The average Bonchev–Trinajstić information content (AvgIpc) is 3.16. The number of unbranched alkanes of at least 4 members (excludes halogenated alkanes) is 1. The van der Waals surface area contributed by atoms with Crippen molar-refractivity contribution in [3.63, 3.8) is 0 Å². The van der Waals surface area contributed by atoms with Crippen LogP contribution in [-0.2, 0) is 30.3 Å². The normalized spacial score (nSPS) is 19.7. The maximum absolute atomic E-state index is 13.5. The molecule has 1 aliphatic rings. The number of nitrogens with one attached hydrogen (secondary N) is 1. The van der Waals surface area contributed by atoms with Crippen LogP contribution in [-0.4, -0.2) is 60.3 Å². The van der Waals surface area contributed by atoms with Crippen LogP contribution in [0, 0.1) is 11.3 Å². The van der Waals surface area contributed by atoms with Crippen molar-refractivity contribution in [1.29, 1.82) is 0 Å². The standard InChI is InChI=1S/C34H56N2O6/c1-10-12-19-27(29(37)35-21-13-11-2)23-28-30(36(34(8,9)41-28)31(38)42-32(3,4)5)40-25-33(6,7)20-22-39-24-26-17-15-14-16-18-26/h10,12,14-18,27-28,30H,11,13,19-25H2,1-9H3,(H,35,37)/t27-,28+,30+/m1/s1. The molecule has 0 saturated carbocycles. The summed E-state index contributed by atoms with van der Waals surface area (Å²) in [5.74, 6) is -0.323. The third-order valence-corrected chi connectivity index (χ3v) is 7.24. The molecular weight excluding hydrogens is 532 g/mol. The number of rotatable bonds is 16. The van der Waals surface area contributed by atoms with Gasteiger partial charge in [0.2, 0.25) is 5.91 Å². The SMILES string of the molecule is CC=CC[C@H](C[C@@H]1OC(C)(C)N(C(=O)OC(C)(C)C)[C@H]1OCC(C)(C)CCOCc1ccccc1)C(=O)NCCCC. The Balaban J connectivity index is 2.19. The Morgan fingerprint density at radius 2 is 1.83 bits per heavy atom. The molecule has 8 nitrogen and oxygen atoms in total. The van der Waals surface area contributed by atoms with Gasteiger partial charge in [-0.05, 0) is 78.2 Å². The van der Waals surface area contributed by atoms with Crippen molar-refractivity contribution in [1.82, 2.24) is 10.2 Å². The molecule has 42 heavy (non-hydrogen) atoms. The highest BCUT2D eigenvalue weighted by molar-refractivity contribution is 5.78. The molecule has 1 aliphatic heterocycles. The number of hydrogen-bond acceptors (Lipinski definition) is 6. The number of carbonyl (C=O) groups excluding carboxylic acids is 2. The number of amides is 2. The van der Waals surface area contributed by atoms with E-state index in [4.69, 9.17) is 18.9 Å². The Kier molecular flexibility index (Phi) is 14.0. The fourth-order valence-electron chi connectivity index (χ4n) is 4.86. The van der Waals surface area contributed by atoms with E-state index >= 15 is 0 Å². The average molecular weight is 589 g/mol.